The van der Waals surface area contributed by atoms with Crippen molar-refractivity contribution in [2.75, 3.05) is 5.32 Å². The molecule has 0 spiro atoms. The van der Waals surface area contributed by atoms with Crippen molar-refractivity contribution in [1.82, 2.24) is 9.97 Å². The van der Waals surface area contributed by atoms with Crippen LogP contribution in [0, 0.1) is 6.92 Å². The number of hydrogen-bond acceptors (Lipinski definition) is 4. The second kappa shape index (κ2) is 6.09. The maximum absolute atomic E-state index is 12.9. The smallest absolute Gasteiger partial charge is 0.366 e. The van der Waals surface area contributed by atoms with Crippen LogP contribution >= 0.6 is 0 Å². The molecule has 0 aliphatic rings. The van der Waals surface area contributed by atoms with Gasteiger partial charge in [-0.2, -0.15) is 13.2 Å². The van der Waals surface area contributed by atoms with Crippen molar-refractivity contribution in [3.63, 3.8) is 0 Å². The van der Waals surface area contributed by atoms with Gasteiger partial charge in [0.1, 0.15) is 11.6 Å². The van der Waals surface area contributed by atoms with Gasteiger partial charge in [-0.1, -0.05) is 18.2 Å². The Morgan fingerprint density at radius 2 is 1.90 bits per heavy atom. The molecule has 0 saturated heterocycles. The number of halogens is 3. The summed E-state index contributed by atoms with van der Waals surface area (Å²) in [6.07, 6.45) is -4.37. The zero-order valence-electron chi connectivity index (χ0n) is 11.4. The van der Waals surface area contributed by atoms with Crippen LogP contribution in [0.15, 0.2) is 30.3 Å². The third kappa shape index (κ3) is 3.91. The van der Waals surface area contributed by atoms with Gasteiger partial charge in [-0.3, -0.25) is 0 Å². The molecule has 0 atom stereocenters. The molecule has 2 rings (SSSR count). The van der Waals surface area contributed by atoms with E-state index >= 15 is 0 Å². The first-order valence-corrected chi connectivity index (χ1v) is 6.33. The third-order valence-corrected chi connectivity index (χ3v) is 2.88. The van der Waals surface area contributed by atoms with Crippen molar-refractivity contribution >= 4 is 5.82 Å². The Morgan fingerprint density at radius 3 is 2.57 bits per heavy atom. The van der Waals surface area contributed by atoms with E-state index in [9.17, 15) is 13.2 Å². The Morgan fingerprint density at radius 1 is 1.19 bits per heavy atom. The monoisotopic (exact) mass is 296 g/mol. The van der Waals surface area contributed by atoms with Crippen LogP contribution in [-0.4, -0.2) is 9.97 Å². The molecule has 2 aromatic rings. The van der Waals surface area contributed by atoms with Gasteiger partial charge in [-0.25, -0.2) is 9.97 Å². The molecule has 0 saturated carbocycles. The zero-order valence-corrected chi connectivity index (χ0v) is 11.4. The predicted octanol–water partition coefficient (Wildman–Crippen LogP) is 2.87. The van der Waals surface area contributed by atoms with E-state index in [0.29, 0.717) is 17.3 Å². The van der Waals surface area contributed by atoms with Gasteiger partial charge in [0, 0.05) is 19.2 Å². The summed E-state index contributed by atoms with van der Waals surface area (Å²) in [6, 6.07) is 7.07. The van der Waals surface area contributed by atoms with Crippen molar-refractivity contribution in [3.05, 3.63) is 53.0 Å². The van der Waals surface area contributed by atoms with Crippen LogP contribution in [0.3, 0.4) is 0 Å². The minimum atomic E-state index is -4.37. The number of hydrogen-bond donors (Lipinski definition) is 2. The fraction of sp³-hybridized carbons (Fsp3) is 0.286. The molecule has 7 heteroatoms. The highest BCUT2D eigenvalue weighted by molar-refractivity contribution is 5.39. The van der Waals surface area contributed by atoms with Crippen LogP contribution in [0.25, 0.3) is 0 Å². The number of rotatable bonds is 4. The first-order chi connectivity index (χ1) is 9.90. The SMILES string of the molecule is Cc1nc(CN)cc(NCc2ccccc2C(F)(F)F)n1. The Kier molecular flexibility index (Phi) is 4.42. The number of nitrogens with one attached hydrogen (secondary N) is 1. The van der Waals surface area contributed by atoms with Crippen LogP contribution in [-0.2, 0) is 19.3 Å². The number of benzene rings is 1. The summed E-state index contributed by atoms with van der Waals surface area (Å²) in [4.78, 5) is 8.24. The minimum absolute atomic E-state index is 0.0240. The van der Waals surface area contributed by atoms with Crippen molar-refractivity contribution in [1.29, 1.82) is 0 Å². The van der Waals surface area contributed by atoms with Crippen molar-refractivity contribution in [3.8, 4) is 0 Å². The lowest BCUT2D eigenvalue weighted by Crippen LogP contribution is -2.13. The molecule has 1 aromatic heterocycles. The van der Waals surface area contributed by atoms with Crippen LogP contribution in [0.1, 0.15) is 22.6 Å². The van der Waals surface area contributed by atoms with Crippen LogP contribution in [0.5, 0.6) is 0 Å². The fourth-order valence-electron chi connectivity index (χ4n) is 1.96. The highest BCUT2D eigenvalue weighted by Gasteiger charge is 2.32. The predicted molar refractivity (Wildman–Crippen MR) is 73.4 cm³/mol. The molecular formula is C14H15F3N4. The topological polar surface area (TPSA) is 63.8 Å². The average molecular weight is 296 g/mol. The first-order valence-electron chi connectivity index (χ1n) is 6.33. The Balaban J connectivity index is 2.19. The van der Waals surface area contributed by atoms with Crippen LogP contribution in [0.4, 0.5) is 19.0 Å². The lowest BCUT2D eigenvalue weighted by Gasteiger charge is -2.14. The number of alkyl halides is 3. The van der Waals surface area contributed by atoms with Crippen molar-refractivity contribution in [2.45, 2.75) is 26.2 Å². The molecule has 0 aliphatic heterocycles. The fourth-order valence-corrected chi connectivity index (χ4v) is 1.96. The number of aromatic nitrogens is 2. The number of anilines is 1. The van der Waals surface area contributed by atoms with Gasteiger partial charge in [0.05, 0.1) is 11.3 Å². The van der Waals surface area contributed by atoms with Gasteiger partial charge in [0.15, 0.2) is 0 Å². The highest BCUT2D eigenvalue weighted by atomic mass is 19.4. The van der Waals surface area contributed by atoms with E-state index in [-0.39, 0.29) is 18.7 Å². The second-order valence-corrected chi connectivity index (χ2v) is 4.50. The van der Waals surface area contributed by atoms with Gasteiger partial charge in [0.2, 0.25) is 0 Å². The van der Waals surface area contributed by atoms with E-state index in [1.54, 1.807) is 19.1 Å². The lowest BCUT2D eigenvalue weighted by molar-refractivity contribution is -0.138. The largest absolute Gasteiger partial charge is 0.416 e. The number of aryl methyl sites for hydroxylation is 1. The summed E-state index contributed by atoms with van der Waals surface area (Å²) in [6.45, 7) is 1.97. The average Bonchev–Trinajstić information content (AvgIpc) is 2.44. The Labute approximate surface area is 120 Å². The van der Waals surface area contributed by atoms with E-state index in [1.807, 2.05) is 0 Å². The van der Waals surface area contributed by atoms with Crippen molar-refractivity contribution in [2.24, 2.45) is 5.73 Å². The molecule has 0 aliphatic carbocycles. The van der Waals surface area contributed by atoms with Crippen LogP contribution in [0.2, 0.25) is 0 Å². The molecule has 21 heavy (non-hydrogen) atoms. The normalized spacial score (nSPS) is 11.5. The van der Waals surface area contributed by atoms with Gasteiger partial charge < -0.3 is 11.1 Å². The maximum Gasteiger partial charge on any atom is 0.416 e. The molecular weight excluding hydrogens is 281 g/mol. The molecule has 1 aromatic carbocycles. The Hall–Kier alpha value is -2.15. The third-order valence-electron chi connectivity index (χ3n) is 2.88. The molecule has 3 N–H and O–H groups in total. The minimum Gasteiger partial charge on any atom is -0.366 e. The summed E-state index contributed by atoms with van der Waals surface area (Å²) < 4.78 is 38.7. The number of nitrogens with two attached hydrogens (primary N) is 1. The van der Waals surface area contributed by atoms with Gasteiger partial charge in [-0.05, 0) is 18.6 Å². The van der Waals surface area contributed by atoms with E-state index in [4.69, 9.17) is 5.73 Å². The molecule has 4 nitrogen and oxygen atoms in total. The van der Waals surface area contributed by atoms with Gasteiger partial charge in [0.25, 0.3) is 0 Å². The van der Waals surface area contributed by atoms with E-state index < -0.39 is 11.7 Å². The number of nitrogens with zero attached hydrogens (tertiary/aromatic N) is 2. The summed E-state index contributed by atoms with van der Waals surface area (Å²) in [7, 11) is 0. The first kappa shape index (κ1) is 15.2. The van der Waals surface area contributed by atoms with Crippen LogP contribution < -0.4 is 11.1 Å². The molecule has 1 heterocycles. The summed E-state index contributed by atoms with van der Waals surface area (Å²) in [5.41, 5.74) is 5.65. The summed E-state index contributed by atoms with van der Waals surface area (Å²) in [5.74, 6) is 0.976. The Bertz CT molecular complexity index is 626. The lowest BCUT2D eigenvalue weighted by atomic mass is 10.1. The summed E-state index contributed by atoms with van der Waals surface area (Å²) >= 11 is 0. The summed E-state index contributed by atoms with van der Waals surface area (Å²) in [5, 5.41) is 2.88. The molecule has 112 valence electrons. The molecule has 0 radical (unpaired) electrons. The van der Waals surface area contributed by atoms with E-state index in [2.05, 4.69) is 15.3 Å². The molecule has 0 bridgehead atoms. The maximum atomic E-state index is 12.9. The second-order valence-electron chi connectivity index (χ2n) is 4.50. The molecule has 0 unspecified atom stereocenters. The van der Waals surface area contributed by atoms with Crippen molar-refractivity contribution < 1.29 is 13.2 Å². The molecule has 0 fully saturated rings. The van der Waals surface area contributed by atoms with Gasteiger partial charge >= 0.3 is 6.18 Å². The molecule has 0 amide bonds. The van der Waals surface area contributed by atoms with E-state index in [0.717, 1.165) is 6.07 Å². The van der Waals surface area contributed by atoms with E-state index in [1.165, 1.54) is 12.1 Å². The highest BCUT2D eigenvalue weighted by Crippen LogP contribution is 2.32. The quantitative estimate of drug-likeness (QED) is 0.910. The standard InChI is InChI=1S/C14H15F3N4/c1-9-20-11(7-18)6-13(21-9)19-8-10-4-2-3-5-12(10)14(15,16)17/h2-6H,7-8,18H2,1H3,(H,19,20,21). The zero-order chi connectivity index (χ0) is 15.5. The van der Waals surface area contributed by atoms with Gasteiger partial charge in [-0.15, -0.1) is 0 Å².